The number of fused-ring (bicyclic) bond motifs is 1. The summed E-state index contributed by atoms with van der Waals surface area (Å²) < 4.78 is 1.73. The van der Waals surface area contributed by atoms with Crippen molar-refractivity contribution in [3.05, 3.63) is 40.9 Å². The molecule has 0 fully saturated rings. The normalized spacial score (nSPS) is 10.5. The van der Waals surface area contributed by atoms with Gasteiger partial charge in [0, 0.05) is 30.4 Å². The lowest BCUT2D eigenvalue weighted by Gasteiger charge is -2.05. The highest BCUT2D eigenvalue weighted by Gasteiger charge is 1.98. The summed E-state index contributed by atoms with van der Waals surface area (Å²) in [6.45, 7) is 2.65. The maximum Gasteiger partial charge on any atom is 0.251 e. The van der Waals surface area contributed by atoms with Gasteiger partial charge in [-0.15, -0.1) is 0 Å². The Balaban J connectivity index is 2.92. The van der Waals surface area contributed by atoms with E-state index >= 15 is 0 Å². The summed E-state index contributed by atoms with van der Waals surface area (Å²) in [7, 11) is 0. The lowest BCUT2D eigenvalue weighted by atomic mass is 10.2. The Hall–Kier alpha value is -1.64. The minimum Gasteiger partial charge on any atom is -0.308 e. The molecular formula is C10H10N2O. The van der Waals surface area contributed by atoms with Gasteiger partial charge in [0.1, 0.15) is 0 Å². The third-order valence-corrected chi connectivity index (χ3v) is 2.11. The molecule has 0 spiro atoms. The summed E-state index contributed by atoms with van der Waals surface area (Å²) in [6, 6.07) is 5.24. The molecule has 0 bridgehead atoms. The number of aromatic nitrogens is 2. The third kappa shape index (κ3) is 1.22. The van der Waals surface area contributed by atoms with E-state index in [0.717, 1.165) is 10.9 Å². The van der Waals surface area contributed by atoms with Crippen molar-refractivity contribution in [2.24, 2.45) is 0 Å². The fraction of sp³-hybridized carbons (Fsp3) is 0.200. The van der Waals surface area contributed by atoms with Crippen molar-refractivity contribution in [3.63, 3.8) is 0 Å². The van der Waals surface area contributed by atoms with Crippen LogP contribution in [-0.4, -0.2) is 9.55 Å². The van der Waals surface area contributed by atoms with Crippen LogP contribution in [0, 0.1) is 0 Å². The molecule has 0 aliphatic carbocycles. The summed E-state index contributed by atoms with van der Waals surface area (Å²) in [6.07, 6.45) is 3.47. The zero-order valence-electron chi connectivity index (χ0n) is 7.40. The molecule has 0 N–H and O–H groups in total. The molecule has 2 aromatic heterocycles. The van der Waals surface area contributed by atoms with Gasteiger partial charge in [-0.05, 0) is 19.1 Å². The summed E-state index contributed by atoms with van der Waals surface area (Å²) in [5, 5.41) is 1.00. The summed E-state index contributed by atoms with van der Waals surface area (Å²) in [4.78, 5) is 15.4. The lowest BCUT2D eigenvalue weighted by Crippen LogP contribution is -2.17. The molecule has 2 rings (SSSR count). The highest BCUT2D eigenvalue weighted by atomic mass is 16.1. The molecule has 0 aliphatic heterocycles. The Morgan fingerprint density at radius 2 is 2.23 bits per heavy atom. The van der Waals surface area contributed by atoms with E-state index in [0.29, 0.717) is 6.54 Å². The molecular weight excluding hydrogens is 164 g/mol. The number of pyridine rings is 2. The predicted octanol–water partition coefficient (Wildman–Crippen LogP) is 1.42. The average molecular weight is 174 g/mol. The van der Waals surface area contributed by atoms with Gasteiger partial charge in [-0.25, -0.2) is 0 Å². The zero-order chi connectivity index (χ0) is 9.26. The maximum absolute atomic E-state index is 11.4. The molecule has 0 aromatic carbocycles. The van der Waals surface area contributed by atoms with Crippen molar-refractivity contribution in [1.82, 2.24) is 9.55 Å². The number of hydrogen-bond donors (Lipinski definition) is 0. The highest BCUT2D eigenvalue weighted by molar-refractivity contribution is 5.77. The van der Waals surface area contributed by atoms with Gasteiger partial charge in [-0.2, -0.15) is 0 Å². The average Bonchev–Trinajstić information content (AvgIpc) is 2.18. The highest BCUT2D eigenvalue weighted by Crippen LogP contribution is 2.08. The number of aryl methyl sites for hydroxylation is 1. The van der Waals surface area contributed by atoms with E-state index in [1.54, 1.807) is 29.1 Å². The third-order valence-electron chi connectivity index (χ3n) is 2.11. The Morgan fingerprint density at radius 1 is 1.38 bits per heavy atom. The Morgan fingerprint density at radius 3 is 3.00 bits per heavy atom. The van der Waals surface area contributed by atoms with Crippen molar-refractivity contribution in [2.75, 3.05) is 0 Å². The second kappa shape index (κ2) is 3.01. The molecule has 0 radical (unpaired) electrons. The van der Waals surface area contributed by atoms with Crippen molar-refractivity contribution in [2.45, 2.75) is 13.5 Å². The summed E-state index contributed by atoms with van der Waals surface area (Å²) in [5.41, 5.74) is 0.992. The van der Waals surface area contributed by atoms with Gasteiger partial charge in [-0.1, -0.05) is 0 Å². The molecule has 3 nitrogen and oxygen atoms in total. The number of hydrogen-bond acceptors (Lipinski definition) is 2. The topological polar surface area (TPSA) is 34.9 Å². The minimum absolute atomic E-state index is 0.0428. The van der Waals surface area contributed by atoms with Crippen molar-refractivity contribution in [3.8, 4) is 0 Å². The second-order valence-electron chi connectivity index (χ2n) is 2.85. The molecule has 0 amide bonds. The second-order valence-corrected chi connectivity index (χ2v) is 2.85. The van der Waals surface area contributed by atoms with Crippen LogP contribution in [0.25, 0.3) is 10.9 Å². The molecule has 0 atom stereocenters. The minimum atomic E-state index is 0.0428. The first kappa shape index (κ1) is 7.98. The molecule has 2 heterocycles. The van der Waals surface area contributed by atoms with E-state index in [9.17, 15) is 4.79 Å². The smallest absolute Gasteiger partial charge is 0.251 e. The van der Waals surface area contributed by atoms with E-state index in [1.807, 2.05) is 13.0 Å². The largest absolute Gasteiger partial charge is 0.308 e. The SMILES string of the molecule is CCn1c(=O)ccc2cnccc21. The van der Waals surface area contributed by atoms with Crippen LogP contribution >= 0.6 is 0 Å². The van der Waals surface area contributed by atoms with Gasteiger partial charge in [0.05, 0.1) is 5.52 Å². The lowest BCUT2D eigenvalue weighted by molar-refractivity contribution is 0.759. The first-order valence-electron chi connectivity index (χ1n) is 4.26. The molecule has 3 heteroatoms. The zero-order valence-corrected chi connectivity index (χ0v) is 7.40. The van der Waals surface area contributed by atoms with Crippen LogP contribution in [0.1, 0.15) is 6.92 Å². The van der Waals surface area contributed by atoms with E-state index in [2.05, 4.69) is 4.98 Å². The molecule has 2 aromatic rings. The quantitative estimate of drug-likeness (QED) is 0.655. The van der Waals surface area contributed by atoms with Crippen LogP contribution in [0.15, 0.2) is 35.4 Å². The van der Waals surface area contributed by atoms with Crippen molar-refractivity contribution in [1.29, 1.82) is 0 Å². The van der Waals surface area contributed by atoms with Crippen molar-refractivity contribution < 1.29 is 0 Å². The summed E-state index contributed by atoms with van der Waals surface area (Å²) in [5.74, 6) is 0. The molecule has 66 valence electrons. The van der Waals surface area contributed by atoms with Crippen LogP contribution in [0.2, 0.25) is 0 Å². The first-order chi connectivity index (χ1) is 6.33. The van der Waals surface area contributed by atoms with Crippen molar-refractivity contribution >= 4 is 10.9 Å². The summed E-state index contributed by atoms with van der Waals surface area (Å²) >= 11 is 0. The van der Waals surface area contributed by atoms with E-state index in [4.69, 9.17) is 0 Å². The molecule has 0 aliphatic rings. The van der Waals surface area contributed by atoms with Crippen LogP contribution in [0.5, 0.6) is 0 Å². The van der Waals surface area contributed by atoms with Gasteiger partial charge in [0.2, 0.25) is 0 Å². The Labute approximate surface area is 75.7 Å². The molecule has 0 unspecified atom stereocenters. The van der Waals surface area contributed by atoms with Crippen LogP contribution < -0.4 is 5.56 Å². The standard InChI is InChI=1S/C10H10N2O/c1-2-12-9-5-6-11-7-8(9)3-4-10(12)13/h3-7H,2H2,1H3. The van der Waals surface area contributed by atoms with Crippen LogP contribution in [-0.2, 0) is 6.54 Å². The van der Waals surface area contributed by atoms with E-state index in [1.165, 1.54) is 0 Å². The van der Waals surface area contributed by atoms with Crippen LogP contribution in [0.4, 0.5) is 0 Å². The fourth-order valence-corrected chi connectivity index (χ4v) is 1.47. The van der Waals surface area contributed by atoms with Gasteiger partial charge in [-0.3, -0.25) is 9.78 Å². The Kier molecular flexibility index (Phi) is 1.85. The molecule has 0 saturated carbocycles. The molecule has 13 heavy (non-hydrogen) atoms. The predicted molar refractivity (Wildman–Crippen MR) is 51.7 cm³/mol. The first-order valence-corrected chi connectivity index (χ1v) is 4.26. The van der Waals surface area contributed by atoms with Gasteiger partial charge in [0.25, 0.3) is 5.56 Å². The van der Waals surface area contributed by atoms with E-state index in [-0.39, 0.29) is 5.56 Å². The van der Waals surface area contributed by atoms with E-state index < -0.39 is 0 Å². The Bertz CT molecular complexity index is 487. The van der Waals surface area contributed by atoms with Gasteiger partial charge >= 0.3 is 0 Å². The molecule has 0 saturated heterocycles. The maximum atomic E-state index is 11.4. The number of nitrogens with zero attached hydrogens (tertiary/aromatic N) is 2. The monoisotopic (exact) mass is 174 g/mol. The van der Waals surface area contributed by atoms with Gasteiger partial charge < -0.3 is 4.57 Å². The van der Waals surface area contributed by atoms with Gasteiger partial charge in [0.15, 0.2) is 0 Å². The van der Waals surface area contributed by atoms with Crippen LogP contribution in [0.3, 0.4) is 0 Å². The fourth-order valence-electron chi connectivity index (χ4n) is 1.47. The number of rotatable bonds is 1.